The number of hydrogen-bond donors (Lipinski definition) is 2. The van der Waals surface area contributed by atoms with Crippen LogP contribution in [0.25, 0.3) is 0 Å². The van der Waals surface area contributed by atoms with E-state index in [1.54, 1.807) is 0 Å². The minimum atomic E-state index is -0.205. The Labute approximate surface area is 138 Å². The number of hydrogen-bond acceptors (Lipinski definition) is 4. The SMILES string of the molecule is CC(Nc1cccc(CN2CCCC2C(N)=O)c1)C1CCCO1. The van der Waals surface area contributed by atoms with E-state index in [4.69, 9.17) is 10.5 Å². The maximum Gasteiger partial charge on any atom is 0.234 e. The van der Waals surface area contributed by atoms with E-state index in [1.807, 2.05) is 0 Å². The van der Waals surface area contributed by atoms with Crippen molar-refractivity contribution in [3.8, 4) is 0 Å². The van der Waals surface area contributed by atoms with Crippen LogP contribution in [0.3, 0.4) is 0 Å². The van der Waals surface area contributed by atoms with Crippen LogP contribution in [-0.2, 0) is 16.1 Å². The van der Waals surface area contributed by atoms with Crippen molar-refractivity contribution < 1.29 is 9.53 Å². The minimum Gasteiger partial charge on any atom is -0.380 e. The molecule has 3 N–H and O–H groups in total. The summed E-state index contributed by atoms with van der Waals surface area (Å²) in [5.74, 6) is -0.205. The molecule has 2 aliphatic heterocycles. The third kappa shape index (κ3) is 4.03. The van der Waals surface area contributed by atoms with Gasteiger partial charge in [-0.3, -0.25) is 9.69 Å². The maximum absolute atomic E-state index is 11.5. The van der Waals surface area contributed by atoms with E-state index in [0.29, 0.717) is 12.1 Å². The molecule has 3 unspecified atom stereocenters. The normalized spacial score (nSPS) is 26.3. The molecule has 1 aromatic rings. The van der Waals surface area contributed by atoms with Gasteiger partial charge in [0.25, 0.3) is 0 Å². The van der Waals surface area contributed by atoms with Gasteiger partial charge in [0.15, 0.2) is 0 Å². The van der Waals surface area contributed by atoms with Crippen molar-refractivity contribution in [3.63, 3.8) is 0 Å². The fourth-order valence-corrected chi connectivity index (χ4v) is 3.68. The quantitative estimate of drug-likeness (QED) is 0.843. The molecule has 1 amide bonds. The minimum absolute atomic E-state index is 0.113. The molecule has 23 heavy (non-hydrogen) atoms. The molecule has 0 aliphatic carbocycles. The average Bonchev–Trinajstić information content (AvgIpc) is 3.18. The first-order chi connectivity index (χ1) is 11.1. The predicted molar refractivity (Wildman–Crippen MR) is 91.1 cm³/mol. The van der Waals surface area contributed by atoms with Crippen LogP contribution >= 0.6 is 0 Å². The molecule has 2 heterocycles. The summed E-state index contributed by atoms with van der Waals surface area (Å²) in [6.07, 6.45) is 4.50. The fourth-order valence-electron chi connectivity index (χ4n) is 3.68. The maximum atomic E-state index is 11.5. The van der Waals surface area contributed by atoms with Gasteiger partial charge in [-0.1, -0.05) is 12.1 Å². The van der Waals surface area contributed by atoms with Crippen molar-refractivity contribution in [2.75, 3.05) is 18.5 Å². The van der Waals surface area contributed by atoms with Gasteiger partial charge in [-0.25, -0.2) is 0 Å². The Kier molecular flexibility index (Phi) is 5.18. The smallest absolute Gasteiger partial charge is 0.234 e. The van der Waals surface area contributed by atoms with Crippen molar-refractivity contribution in [2.45, 2.75) is 57.3 Å². The van der Waals surface area contributed by atoms with Crippen molar-refractivity contribution >= 4 is 11.6 Å². The molecule has 5 heteroatoms. The van der Waals surface area contributed by atoms with E-state index in [2.05, 4.69) is 41.4 Å². The molecule has 5 nitrogen and oxygen atoms in total. The Morgan fingerprint density at radius 2 is 2.30 bits per heavy atom. The fraction of sp³-hybridized carbons (Fsp3) is 0.611. The monoisotopic (exact) mass is 317 g/mol. The summed E-state index contributed by atoms with van der Waals surface area (Å²) in [5, 5.41) is 3.55. The van der Waals surface area contributed by atoms with Crippen LogP contribution in [0.2, 0.25) is 0 Å². The Balaban J connectivity index is 1.61. The van der Waals surface area contributed by atoms with Gasteiger partial charge in [-0.2, -0.15) is 0 Å². The Hall–Kier alpha value is -1.59. The molecule has 3 atom stereocenters. The van der Waals surface area contributed by atoms with E-state index >= 15 is 0 Å². The largest absolute Gasteiger partial charge is 0.380 e. The summed E-state index contributed by atoms with van der Waals surface area (Å²) in [4.78, 5) is 13.7. The zero-order chi connectivity index (χ0) is 16.2. The molecule has 0 saturated carbocycles. The molecule has 2 aliphatic rings. The zero-order valence-electron chi connectivity index (χ0n) is 13.8. The van der Waals surface area contributed by atoms with E-state index in [1.165, 1.54) is 5.56 Å². The van der Waals surface area contributed by atoms with Crippen molar-refractivity contribution in [3.05, 3.63) is 29.8 Å². The summed E-state index contributed by atoms with van der Waals surface area (Å²) in [6, 6.07) is 8.62. The number of rotatable bonds is 6. The number of primary amides is 1. The molecule has 0 spiro atoms. The number of likely N-dealkylation sites (tertiary alicyclic amines) is 1. The van der Waals surface area contributed by atoms with Gasteiger partial charge in [0.1, 0.15) is 0 Å². The average molecular weight is 317 g/mol. The van der Waals surface area contributed by atoms with Gasteiger partial charge in [-0.15, -0.1) is 0 Å². The first-order valence-electron chi connectivity index (χ1n) is 8.64. The highest BCUT2D eigenvalue weighted by Crippen LogP contribution is 2.23. The van der Waals surface area contributed by atoms with Gasteiger partial charge in [-0.05, 0) is 56.8 Å². The lowest BCUT2D eigenvalue weighted by atomic mass is 10.1. The highest BCUT2D eigenvalue weighted by atomic mass is 16.5. The first kappa shape index (κ1) is 16.3. The third-order valence-corrected chi connectivity index (χ3v) is 4.92. The Bertz CT molecular complexity index is 543. The van der Waals surface area contributed by atoms with Crippen LogP contribution < -0.4 is 11.1 Å². The lowest BCUT2D eigenvalue weighted by Gasteiger charge is -2.23. The third-order valence-electron chi connectivity index (χ3n) is 4.92. The zero-order valence-corrected chi connectivity index (χ0v) is 13.8. The van der Waals surface area contributed by atoms with Crippen molar-refractivity contribution in [2.24, 2.45) is 5.73 Å². The van der Waals surface area contributed by atoms with E-state index < -0.39 is 0 Å². The number of nitrogens with two attached hydrogens (primary N) is 1. The van der Waals surface area contributed by atoms with E-state index in [9.17, 15) is 4.79 Å². The van der Waals surface area contributed by atoms with Gasteiger partial charge in [0.05, 0.1) is 12.1 Å². The molecule has 0 aromatic heterocycles. The topological polar surface area (TPSA) is 67.6 Å². The number of nitrogens with zero attached hydrogens (tertiary/aromatic N) is 1. The lowest BCUT2D eigenvalue weighted by molar-refractivity contribution is -0.122. The first-order valence-corrected chi connectivity index (χ1v) is 8.64. The number of nitrogens with one attached hydrogen (secondary N) is 1. The van der Waals surface area contributed by atoms with Crippen LogP contribution in [0.1, 0.15) is 38.2 Å². The Morgan fingerprint density at radius 3 is 3.04 bits per heavy atom. The van der Waals surface area contributed by atoms with Gasteiger partial charge >= 0.3 is 0 Å². The second kappa shape index (κ2) is 7.32. The molecular formula is C18H27N3O2. The summed E-state index contributed by atoms with van der Waals surface area (Å²) < 4.78 is 5.74. The molecule has 0 bridgehead atoms. The van der Waals surface area contributed by atoms with E-state index in [-0.39, 0.29) is 11.9 Å². The van der Waals surface area contributed by atoms with Gasteiger partial charge < -0.3 is 15.8 Å². The van der Waals surface area contributed by atoms with Crippen LogP contribution in [0.4, 0.5) is 5.69 Å². The molecule has 1 aromatic carbocycles. The van der Waals surface area contributed by atoms with Crippen LogP contribution in [0.15, 0.2) is 24.3 Å². The van der Waals surface area contributed by atoms with Gasteiger partial charge in [0.2, 0.25) is 5.91 Å². The van der Waals surface area contributed by atoms with Crippen molar-refractivity contribution in [1.29, 1.82) is 0 Å². The number of carbonyl (C=O) groups excluding carboxylic acids is 1. The standard InChI is InChI=1S/C18H27N3O2/c1-13(17-8-4-10-23-17)20-15-6-2-5-14(11-15)12-21-9-3-7-16(21)18(19)22/h2,5-6,11,13,16-17,20H,3-4,7-10,12H2,1H3,(H2,19,22). The van der Waals surface area contributed by atoms with Crippen LogP contribution in [0, 0.1) is 0 Å². The number of benzene rings is 1. The number of ether oxygens (including phenoxy) is 1. The lowest BCUT2D eigenvalue weighted by Crippen LogP contribution is -2.39. The highest BCUT2D eigenvalue weighted by Gasteiger charge is 2.28. The number of amides is 1. The highest BCUT2D eigenvalue weighted by molar-refractivity contribution is 5.80. The summed E-state index contributed by atoms with van der Waals surface area (Å²) >= 11 is 0. The molecule has 3 rings (SSSR count). The predicted octanol–water partition coefficient (Wildman–Crippen LogP) is 2.12. The molecule has 126 valence electrons. The van der Waals surface area contributed by atoms with Crippen molar-refractivity contribution in [1.82, 2.24) is 4.90 Å². The second-order valence-electron chi connectivity index (χ2n) is 6.72. The summed E-state index contributed by atoms with van der Waals surface area (Å²) in [6.45, 7) is 4.77. The molecular weight excluding hydrogens is 290 g/mol. The Morgan fingerprint density at radius 1 is 1.43 bits per heavy atom. The summed E-state index contributed by atoms with van der Waals surface area (Å²) in [7, 11) is 0. The molecule has 2 saturated heterocycles. The summed E-state index contributed by atoms with van der Waals surface area (Å²) in [5.41, 5.74) is 7.82. The number of carbonyl (C=O) groups is 1. The second-order valence-corrected chi connectivity index (χ2v) is 6.72. The number of anilines is 1. The van der Waals surface area contributed by atoms with Crippen LogP contribution in [0.5, 0.6) is 0 Å². The molecule has 2 fully saturated rings. The van der Waals surface area contributed by atoms with Gasteiger partial charge in [0, 0.05) is 24.9 Å². The van der Waals surface area contributed by atoms with E-state index in [0.717, 1.165) is 51.1 Å². The molecule has 0 radical (unpaired) electrons. The van der Waals surface area contributed by atoms with Crippen LogP contribution in [-0.4, -0.2) is 42.1 Å².